The van der Waals surface area contributed by atoms with Crippen LogP contribution in [0.15, 0.2) is 16.8 Å². The first-order valence-electron chi connectivity index (χ1n) is 5.46. The predicted octanol–water partition coefficient (Wildman–Crippen LogP) is 0.650. The van der Waals surface area contributed by atoms with Crippen LogP contribution in [0.1, 0.15) is 24.5 Å². The van der Waals surface area contributed by atoms with Crippen LogP contribution in [0.3, 0.4) is 0 Å². The fourth-order valence-corrected chi connectivity index (χ4v) is 2.12. The lowest BCUT2D eigenvalue weighted by atomic mass is 10.2. The summed E-state index contributed by atoms with van der Waals surface area (Å²) in [4.78, 5) is 11.3. The van der Waals surface area contributed by atoms with E-state index in [0.29, 0.717) is 12.6 Å². The fraction of sp³-hybridized carbons (Fsp3) is 0.545. The maximum absolute atomic E-state index is 11.3. The number of carbonyl (C=O) groups is 1. The van der Waals surface area contributed by atoms with Crippen LogP contribution in [0.5, 0.6) is 0 Å². The Kier molecular flexibility index (Phi) is 3.93. The first kappa shape index (κ1) is 11.6. The van der Waals surface area contributed by atoms with Gasteiger partial charge in [0.2, 0.25) is 5.91 Å². The number of nitrogens with one attached hydrogen (secondary N) is 2. The number of carbonyl (C=O) groups excluding carboxylic acids is 1. The number of amides is 1. The lowest BCUT2D eigenvalue weighted by molar-refractivity contribution is -0.120. The molecule has 0 bridgehead atoms. The molecule has 0 saturated heterocycles. The summed E-state index contributed by atoms with van der Waals surface area (Å²) in [6, 6.07) is 2.29. The molecule has 4 nitrogen and oxygen atoms in total. The number of rotatable bonds is 6. The van der Waals surface area contributed by atoms with Crippen molar-refractivity contribution in [3.8, 4) is 0 Å². The smallest absolute Gasteiger partial charge is 0.234 e. The van der Waals surface area contributed by atoms with Gasteiger partial charge < -0.3 is 15.7 Å². The van der Waals surface area contributed by atoms with Gasteiger partial charge in [-0.25, -0.2) is 0 Å². The molecule has 1 unspecified atom stereocenters. The van der Waals surface area contributed by atoms with E-state index in [1.807, 2.05) is 16.8 Å². The second-order valence-corrected chi connectivity index (χ2v) is 4.83. The second kappa shape index (κ2) is 5.43. The molecule has 1 aliphatic carbocycles. The third kappa shape index (κ3) is 3.59. The van der Waals surface area contributed by atoms with Gasteiger partial charge in [-0.15, -0.1) is 0 Å². The van der Waals surface area contributed by atoms with Crippen LogP contribution in [0, 0.1) is 0 Å². The third-order valence-electron chi connectivity index (χ3n) is 2.49. The Bertz CT molecular complexity index is 336. The van der Waals surface area contributed by atoms with Gasteiger partial charge in [0.05, 0.1) is 12.6 Å². The van der Waals surface area contributed by atoms with Gasteiger partial charge in [0.1, 0.15) is 0 Å². The van der Waals surface area contributed by atoms with E-state index in [0.717, 1.165) is 18.4 Å². The Balaban J connectivity index is 1.61. The van der Waals surface area contributed by atoms with Gasteiger partial charge in [0.25, 0.3) is 0 Å². The zero-order valence-corrected chi connectivity index (χ0v) is 9.80. The van der Waals surface area contributed by atoms with Crippen LogP contribution in [-0.4, -0.2) is 30.1 Å². The zero-order chi connectivity index (χ0) is 11.4. The molecule has 1 amide bonds. The summed E-state index contributed by atoms with van der Waals surface area (Å²) in [5.41, 5.74) is 0.903. The maximum atomic E-state index is 11.3. The Morgan fingerprint density at radius 3 is 3.06 bits per heavy atom. The van der Waals surface area contributed by atoms with Crippen molar-refractivity contribution < 1.29 is 9.90 Å². The topological polar surface area (TPSA) is 61.4 Å². The van der Waals surface area contributed by atoms with E-state index in [1.54, 1.807) is 11.3 Å². The summed E-state index contributed by atoms with van der Waals surface area (Å²) >= 11 is 1.56. The van der Waals surface area contributed by atoms with Crippen LogP contribution < -0.4 is 10.6 Å². The minimum atomic E-state index is -0.528. The van der Waals surface area contributed by atoms with Gasteiger partial charge in [-0.2, -0.15) is 11.3 Å². The highest BCUT2D eigenvalue weighted by atomic mass is 32.1. The summed E-state index contributed by atoms with van der Waals surface area (Å²) in [6.07, 6.45) is 1.67. The summed E-state index contributed by atoms with van der Waals surface area (Å²) in [5, 5.41) is 19.4. The quantitative estimate of drug-likeness (QED) is 0.684. The number of hydrogen-bond acceptors (Lipinski definition) is 4. The first-order chi connectivity index (χ1) is 7.75. The molecule has 1 aliphatic rings. The van der Waals surface area contributed by atoms with Gasteiger partial charge in [0, 0.05) is 12.6 Å². The Morgan fingerprint density at radius 1 is 1.62 bits per heavy atom. The molecular formula is C11H16N2O2S. The summed E-state index contributed by atoms with van der Waals surface area (Å²) in [5.74, 6) is 0.0139. The van der Waals surface area contributed by atoms with Crippen LogP contribution >= 0.6 is 11.3 Å². The summed E-state index contributed by atoms with van der Waals surface area (Å²) in [7, 11) is 0. The van der Waals surface area contributed by atoms with Crippen molar-refractivity contribution in [3.63, 3.8) is 0 Å². The first-order valence-corrected chi connectivity index (χ1v) is 6.40. The lowest BCUT2D eigenvalue weighted by Gasteiger charge is -2.10. The van der Waals surface area contributed by atoms with Crippen molar-refractivity contribution in [2.75, 3.05) is 13.1 Å². The largest absolute Gasteiger partial charge is 0.387 e. The van der Waals surface area contributed by atoms with Crippen molar-refractivity contribution in [2.24, 2.45) is 0 Å². The number of aliphatic hydroxyl groups is 1. The molecule has 2 rings (SSSR count). The molecule has 0 aromatic carbocycles. The maximum Gasteiger partial charge on any atom is 0.234 e. The fourth-order valence-electron chi connectivity index (χ4n) is 1.41. The Labute approximate surface area is 98.7 Å². The highest BCUT2D eigenvalue weighted by Gasteiger charge is 2.22. The molecule has 0 radical (unpaired) electrons. The molecule has 1 aromatic heterocycles. The average molecular weight is 240 g/mol. The molecule has 3 N–H and O–H groups in total. The van der Waals surface area contributed by atoms with Gasteiger partial charge in [-0.3, -0.25) is 4.79 Å². The second-order valence-electron chi connectivity index (χ2n) is 4.05. The molecule has 1 saturated carbocycles. The number of hydrogen-bond donors (Lipinski definition) is 3. The molecule has 88 valence electrons. The highest BCUT2D eigenvalue weighted by Crippen LogP contribution is 2.18. The van der Waals surface area contributed by atoms with E-state index in [1.165, 1.54) is 0 Å². The monoisotopic (exact) mass is 240 g/mol. The summed E-state index contributed by atoms with van der Waals surface area (Å²) in [6.45, 7) is 0.687. The molecule has 16 heavy (non-hydrogen) atoms. The van der Waals surface area contributed by atoms with E-state index in [4.69, 9.17) is 0 Å². The van der Waals surface area contributed by atoms with Gasteiger partial charge >= 0.3 is 0 Å². The zero-order valence-electron chi connectivity index (χ0n) is 8.98. The molecule has 5 heteroatoms. The molecule has 1 heterocycles. The van der Waals surface area contributed by atoms with E-state index < -0.39 is 6.10 Å². The van der Waals surface area contributed by atoms with E-state index in [2.05, 4.69) is 10.6 Å². The molecule has 1 aromatic rings. The van der Waals surface area contributed by atoms with Crippen LogP contribution in [0.2, 0.25) is 0 Å². The molecule has 0 spiro atoms. The molecule has 1 atom stereocenters. The molecule has 0 aliphatic heterocycles. The van der Waals surface area contributed by atoms with Gasteiger partial charge in [-0.05, 0) is 35.2 Å². The van der Waals surface area contributed by atoms with Crippen molar-refractivity contribution in [1.29, 1.82) is 0 Å². The highest BCUT2D eigenvalue weighted by molar-refractivity contribution is 7.07. The van der Waals surface area contributed by atoms with Gasteiger partial charge in [0.15, 0.2) is 0 Å². The van der Waals surface area contributed by atoms with E-state index >= 15 is 0 Å². The Morgan fingerprint density at radius 2 is 2.44 bits per heavy atom. The van der Waals surface area contributed by atoms with Crippen molar-refractivity contribution in [3.05, 3.63) is 22.4 Å². The van der Waals surface area contributed by atoms with Crippen molar-refractivity contribution in [1.82, 2.24) is 10.6 Å². The third-order valence-corrected chi connectivity index (χ3v) is 3.20. The van der Waals surface area contributed by atoms with E-state index in [-0.39, 0.29) is 12.5 Å². The van der Waals surface area contributed by atoms with Crippen LogP contribution in [0.4, 0.5) is 0 Å². The minimum Gasteiger partial charge on any atom is -0.387 e. The number of thiophene rings is 1. The van der Waals surface area contributed by atoms with Crippen molar-refractivity contribution in [2.45, 2.75) is 25.0 Å². The minimum absolute atomic E-state index is 0.0139. The SMILES string of the molecule is O=C(CNCC(O)c1ccsc1)NC1CC1. The number of aliphatic hydroxyl groups excluding tert-OH is 1. The van der Waals surface area contributed by atoms with Gasteiger partial charge in [-0.1, -0.05) is 0 Å². The molecule has 1 fully saturated rings. The van der Waals surface area contributed by atoms with Crippen molar-refractivity contribution >= 4 is 17.2 Å². The van der Waals surface area contributed by atoms with Crippen LogP contribution in [-0.2, 0) is 4.79 Å². The summed E-state index contributed by atoms with van der Waals surface area (Å²) < 4.78 is 0. The predicted molar refractivity (Wildman–Crippen MR) is 63.3 cm³/mol. The average Bonchev–Trinajstić information content (AvgIpc) is 2.90. The standard InChI is InChI=1S/C11H16N2O2S/c14-10(8-3-4-16-7-8)5-12-6-11(15)13-9-1-2-9/h3-4,7,9-10,12,14H,1-2,5-6H2,(H,13,15). The lowest BCUT2D eigenvalue weighted by Crippen LogP contribution is -2.36. The van der Waals surface area contributed by atoms with E-state index in [9.17, 15) is 9.90 Å². The van der Waals surface area contributed by atoms with Crippen LogP contribution in [0.25, 0.3) is 0 Å². The Hall–Kier alpha value is -0.910. The normalized spacial score (nSPS) is 17.1. The molecular weight excluding hydrogens is 224 g/mol.